The van der Waals surface area contributed by atoms with Crippen LogP contribution in [0.4, 0.5) is 0 Å². The zero-order valence-electron chi connectivity index (χ0n) is 10.9. The van der Waals surface area contributed by atoms with Gasteiger partial charge in [-0.1, -0.05) is 0 Å². The van der Waals surface area contributed by atoms with Gasteiger partial charge in [0.05, 0.1) is 0 Å². The van der Waals surface area contributed by atoms with Crippen LogP contribution in [0.2, 0.25) is 0 Å². The molecule has 108 valence electrons. The van der Waals surface area contributed by atoms with Gasteiger partial charge in [-0.3, -0.25) is 9.59 Å². The molecule has 0 rings (SSSR count). The third kappa shape index (κ3) is 8.62. The van der Waals surface area contributed by atoms with E-state index in [9.17, 15) is 9.59 Å². The first-order chi connectivity index (χ1) is 7.71. The number of hydrogen-bond donors (Lipinski definition) is 6. The molecule has 6 nitrogen and oxygen atoms in total. The van der Waals surface area contributed by atoms with Crippen LogP contribution < -0.4 is 11.5 Å². The average molecular weight is 298 g/mol. The summed E-state index contributed by atoms with van der Waals surface area (Å²) in [4.78, 5) is 20.3. The Balaban J connectivity index is 0. The molecule has 0 aliphatic carbocycles. The van der Waals surface area contributed by atoms with Gasteiger partial charge < -0.3 is 21.7 Å². The second-order valence-electron chi connectivity index (χ2n) is 4.94. The molecule has 0 saturated heterocycles. The van der Waals surface area contributed by atoms with Crippen molar-refractivity contribution in [2.75, 3.05) is 0 Å². The first-order valence-corrected chi connectivity index (χ1v) is 6.02. The van der Waals surface area contributed by atoms with Gasteiger partial charge in [-0.15, -0.1) is 0 Å². The molecule has 18 heavy (non-hydrogen) atoms. The van der Waals surface area contributed by atoms with E-state index < -0.39 is 33.5 Å². The van der Waals surface area contributed by atoms with Crippen LogP contribution in [0, 0.1) is 0 Å². The van der Waals surface area contributed by atoms with E-state index in [1.807, 2.05) is 0 Å². The topological polar surface area (TPSA) is 127 Å². The lowest BCUT2D eigenvalue weighted by Gasteiger charge is -2.21. The number of rotatable bonds is 4. The summed E-state index contributed by atoms with van der Waals surface area (Å²) in [5.41, 5.74) is 10.4. The largest absolute Gasteiger partial charge is 0.480 e. The van der Waals surface area contributed by atoms with Gasteiger partial charge in [0.25, 0.3) is 0 Å². The van der Waals surface area contributed by atoms with Gasteiger partial charge in [0, 0.05) is 9.49 Å². The van der Waals surface area contributed by atoms with E-state index in [1.165, 1.54) is 0 Å². The number of nitrogens with two attached hydrogens (primary N) is 2. The lowest BCUT2D eigenvalue weighted by atomic mass is 10.1. The van der Waals surface area contributed by atoms with Crippen LogP contribution in [-0.4, -0.2) is 43.7 Å². The van der Waals surface area contributed by atoms with Crippen molar-refractivity contribution < 1.29 is 19.8 Å². The Morgan fingerprint density at radius 2 is 1.06 bits per heavy atom. The van der Waals surface area contributed by atoms with Crippen LogP contribution in [0.15, 0.2) is 0 Å². The number of carboxylic acids is 2. The summed E-state index contributed by atoms with van der Waals surface area (Å²) in [5.74, 6) is -2.04. The summed E-state index contributed by atoms with van der Waals surface area (Å²) < 4.78 is -1.29. The van der Waals surface area contributed by atoms with E-state index >= 15 is 0 Å². The van der Waals surface area contributed by atoms with Gasteiger partial charge in [0.2, 0.25) is 0 Å². The highest BCUT2D eigenvalue weighted by molar-refractivity contribution is 7.82. The predicted octanol–water partition coefficient (Wildman–Crippen LogP) is 0.213. The fraction of sp³-hybridized carbons (Fsp3) is 0.800. The summed E-state index contributed by atoms with van der Waals surface area (Å²) in [6.07, 6.45) is 0. The van der Waals surface area contributed by atoms with Crippen molar-refractivity contribution >= 4 is 37.2 Å². The second-order valence-corrected chi connectivity index (χ2v) is 7.24. The molecule has 0 aromatic heterocycles. The van der Waals surface area contributed by atoms with E-state index in [4.69, 9.17) is 21.7 Å². The minimum atomic E-state index is -1.02. The number of carboxylic acid groups (broad SMARTS) is 2. The van der Waals surface area contributed by atoms with E-state index in [-0.39, 0.29) is 0 Å². The fourth-order valence-electron chi connectivity index (χ4n) is 0.604. The maximum absolute atomic E-state index is 10.2. The maximum Gasteiger partial charge on any atom is 0.321 e. The van der Waals surface area contributed by atoms with Gasteiger partial charge in [0.15, 0.2) is 0 Å². The fourth-order valence-corrected chi connectivity index (χ4v) is 0.825. The number of carbonyl (C=O) groups is 2. The van der Waals surface area contributed by atoms with Crippen molar-refractivity contribution in [1.82, 2.24) is 0 Å². The highest BCUT2D eigenvalue weighted by Gasteiger charge is 2.28. The van der Waals surface area contributed by atoms with E-state index in [2.05, 4.69) is 25.3 Å². The van der Waals surface area contributed by atoms with E-state index in [0.29, 0.717) is 0 Å². The Labute approximate surface area is 118 Å². The third-order valence-electron chi connectivity index (χ3n) is 2.05. The summed E-state index contributed by atoms with van der Waals surface area (Å²) >= 11 is 7.97. The van der Waals surface area contributed by atoms with Crippen LogP contribution in [0.5, 0.6) is 0 Å². The first-order valence-electron chi connectivity index (χ1n) is 5.12. The molecule has 0 aromatic rings. The third-order valence-corrected chi connectivity index (χ3v) is 2.61. The van der Waals surface area contributed by atoms with Crippen LogP contribution in [-0.2, 0) is 9.59 Å². The van der Waals surface area contributed by atoms with Crippen molar-refractivity contribution in [3.8, 4) is 0 Å². The maximum atomic E-state index is 10.2. The molecule has 0 aliphatic heterocycles. The van der Waals surface area contributed by atoms with Gasteiger partial charge in [-0.05, 0) is 27.7 Å². The van der Waals surface area contributed by atoms with Crippen LogP contribution in [0.1, 0.15) is 27.7 Å². The Kier molecular flexibility index (Phi) is 7.98. The average Bonchev–Trinajstić information content (AvgIpc) is 2.13. The van der Waals surface area contributed by atoms with E-state index in [0.717, 1.165) is 0 Å². The molecule has 6 N–H and O–H groups in total. The second kappa shape index (κ2) is 7.22. The zero-order chi connectivity index (χ0) is 15.3. The monoisotopic (exact) mass is 298 g/mol. The molecule has 0 fully saturated rings. The first kappa shape index (κ1) is 19.9. The van der Waals surface area contributed by atoms with Crippen LogP contribution in [0.25, 0.3) is 0 Å². The van der Waals surface area contributed by atoms with Crippen LogP contribution >= 0.6 is 25.3 Å². The summed E-state index contributed by atoms with van der Waals surface area (Å²) in [6, 6.07) is -1.80. The van der Waals surface area contributed by atoms with Crippen molar-refractivity contribution in [2.24, 2.45) is 11.5 Å². The molecule has 8 heteroatoms. The molecule has 0 radical (unpaired) electrons. The lowest BCUT2D eigenvalue weighted by Crippen LogP contribution is -2.45. The number of aliphatic carboxylic acids is 2. The van der Waals surface area contributed by atoms with Crippen molar-refractivity contribution in [3.63, 3.8) is 0 Å². The molecular weight excluding hydrogens is 276 g/mol. The number of hydrogen-bond acceptors (Lipinski definition) is 6. The molecule has 0 spiro atoms. The Hall–Kier alpha value is -0.440. The Morgan fingerprint density at radius 3 is 1.06 bits per heavy atom. The highest BCUT2D eigenvalue weighted by atomic mass is 32.1. The molecule has 0 aliphatic rings. The van der Waals surface area contributed by atoms with Gasteiger partial charge in [-0.25, -0.2) is 0 Å². The normalized spacial score (nSPS) is 15.1. The molecular formula is C10H22N2O4S2. The summed E-state index contributed by atoms with van der Waals surface area (Å²) in [7, 11) is 0. The van der Waals surface area contributed by atoms with Crippen molar-refractivity contribution in [3.05, 3.63) is 0 Å². The minimum Gasteiger partial charge on any atom is -0.480 e. The molecule has 0 saturated carbocycles. The van der Waals surface area contributed by atoms with E-state index in [1.54, 1.807) is 27.7 Å². The minimum absolute atomic E-state index is 0.647. The Morgan fingerprint density at radius 1 is 0.889 bits per heavy atom. The molecule has 0 unspecified atom stereocenters. The number of thiol groups is 2. The zero-order valence-corrected chi connectivity index (χ0v) is 12.7. The molecule has 0 heterocycles. The quantitative estimate of drug-likeness (QED) is 0.412. The van der Waals surface area contributed by atoms with Crippen molar-refractivity contribution in [2.45, 2.75) is 49.3 Å². The lowest BCUT2D eigenvalue weighted by molar-refractivity contribution is -0.140. The molecule has 2 atom stereocenters. The highest BCUT2D eigenvalue weighted by Crippen LogP contribution is 2.15. The van der Waals surface area contributed by atoms with Crippen molar-refractivity contribution in [1.29, 1.82) is 0 Å². The molecule has 0 bridgehead atoms. The van der Waals surface area contributed by atoms with Gasteiger partial charge in [-0.2, -0.15) is 25.3 Å². The summed E-state index contributed by atoms with van der Waals surface area (Å²) in [6.45, 7) is 6.65. The van der Waals surface area contributed by atoms with Gasteiger partial charge in [0.1, 0.15) is 12.1 Å². The SMILES string of the molecule is CC(C)(S)[C@H](N)C(=O)O.CC(C)(S)[C@H](N)C(=O)O. The molecule has 0 aromatic carbocycles. The van der Waals surface area contributed by atoms with Gasteiger partial charge >= 0.3 is 11.9 Å². The predicted molar refractivity (Wildman–Crippen MR) is 77.4 cm³/mol. The van der Waals surface area contributed by atoms with Crippen LogP contribution in [0.3, 0.4) is 0 Å². The smallest absolute Gasteiger partial charge is 0.321 e. The standard InChI is InChI=1S/2C5H11NO2S/c2*1-5(2,9)3(6)4(7)8/h2*3,9H,6H2,1-2H3,(H,7,8)/t2*3-/m11/s1. The Bertz CT molecular complexity index is 267. The molecule has 0 amide bonds. The summed E-state index contributed by atoms with van der Waals surface area (Å²) in [5, 5.41) is 16.7.